The molecule has 4 aromatic carbocycles. The summed E-state index contributed by atoms with van der Waals surface area (Å²) < 4.78 is 0. The van der Waals surface area contributed by atoms with Gasteiger partial charge in [-0.1, -0.05) is 147 Å². The molecule has 0 nitrogen and oxygen atoms in total. The lowest BCUT2D eigenvalue weighted by molar-refractivity contribution is 1.35. The first-order chi connectivity index (χ1) is 14.5. The number of hydrogen-bond donors (Lipinski definition) is 0. The standard InChI is InChI=1S/C28H30Si2/c1-22-20-23(2)28(24(3)21-22)29(25-14-8-5-9-15-25)30(4,26-16-10-6-11-17-26)27-18-12-7-13-19-27/h5-21,29H,1-4H3. The summed E-state index contributed by atoms with van der Waals surface area (Å²) in [7, 11) is -3.65. The molecule has 0 radical (unpaired) electrons. The van der Waals surface area contributed by atoms with E-state index in [0.29, 0.717) is 0 Å². The van der Waals surface area contributed by atoms with Gasteiger partial charge in [-0.2, -0.15) is 0 Å². The van der Waals surface area contributed by atoms with Gasteiger partial charge in [0, 0.05) is 0 Å². The molecule has 4 rings (SSSR count). The van der Waals surface area contributed by atoms with Crippen LogP contribution in [0.3, 0.4) is 0 Å². The highest BCUT2D eigenvalue weighted by Crippen LogP contribution is 2.16. The molecule has 4 aromatic rings. The fraction of sp³-hybridized carbons (Fsp3) is 0.143. The van der Waals surface area contributed by atoms with Crippen molar-refractivity contribution in [3.63, 3.8) is 0 Å². The topological polar surface area (TPSA) is 0 Å². The second kappa shape index (κ2) is 8.59. The zero-order valence-electron chi connectivity index (χ0n) is 18.4. The molecule has 0 saturated carbocycles. The van der Waals surface area contributed by atoms with Gasteiger partial charge < -0.3 is 0 Å². The van der Waals surface area contributed by atoms with Crippen LogP contribution in [0.25, 0.3) is 0 Å². The molecule has 0 heterocycles. The molecule has 0 aromatic heterocycles. The summed E-state index contributed by atoms with van der Waals surface area (Å²) in [5, 5.41) is 6.26. The van der Waals surface area contributed by atoms with Gasteiger partial charge in [-0.3, -0.25) is 0 Å². The normalized spacial score (nSPS) is 12.5. The van der Waals surface area contributed by atoms with E-state index in [1.807, 2.05) is 0 Å². The van der Waals surface area contributed by atoms with Crippen molar-refractivity contribution in [3.05, 3.63) is 120 Å². The maximum atomic E-state index is 2.61. The molecule has 0 aliphatic rings. The summed E-state index contributed by atoms with van der Waals surface area (Å²) in [6.07, 6.45) is 0. The van der Waals surface area contributed by atoms with Crippen molar-refractivity contribution >= 4 is 36.7 Å². The van der Waals surface area contributed by atoms with Crippen LogP contribution in [-0.2, 0) is 0 Å². The molecule has 0 fully saturated rings. The van der Waals surface area contributed by atoms with Gasteiger partial charge in [0.1, 0.15) is 15.9 Å². The van der Waals surface area contributed by atoms with E-state index in [9.17, 15) is 0 Å². The molecular formula is C28H30Si2. The summed E-state index contributed by atoms with van der Waals surface area (Å²) in [5.74, 6) is 0. The summed E-state index contributed by atoms with van der Waals surface area (Å²) >= 11 is 0. The van der Waals surface area contributed by atoms with Gasteiger partial charge in [0.25, 0.3) is 0 Å². The molecule has 0 spiro atoms. The van der Waals surface area contributed by atoms with E-state index >= 15 is 0 Å². The van der Waals surface area contributed by atoms with Gasteiger partial charge in [0.15, 0.2) is 0 Å². The summed E-state index contributed by atoms with van der Waals surface area (Å²) in [4.78, 5) is 0. The Morgan fingerprint density at radius 2 is 0.967 bits per heavy atom. The lowest BCUT2D eigenvalue weighted by Gasteiger charge is -2.38. The quantitative estimate of drug-likeness (QED) is 0.428. The smallest absolute Gasteiger partial charge is 0.0632 e. The molecule has 0 bridgehead atoms. The van der Waals surface area contributed by atoms with Gasteiger partial charge >= 0.3 is 0 Å². The van der Waals surface area contributed by atoms with Crippen LogP contribution in [0.4, 0.5) is 0 Å². The van der Waals surface area contributed by atoms with E-state index in [0.717, 1.165) is 0 Å². The zero-order chi connectivity index (χ0) is 21.1. The van der Waals surface area contributed by atoms with Gasteiger partial charge in [0.2, 0.25) is 0 Å². The molecule has 0 aliphatic heterocycles. The summed E-state index contributed by atoms with van der Waals surface area (Å²) in [5.41, 5.74) is 4.27. The maximum absolute atomic E-state index is 2.61. The molecule has 1 unspecified atom stereocenters. The first-order valence-corrected chi connectivity index (χ1v) is 16.2. The molecule has 1 atom stereocenters. The lowest BCUT2D eigenvalue weighted by atomic mass is 10.1. The third-order valence-electron chi connectivity index (χ3n) is 6.48. The number of rotatable bonds is 5. The molecular weight excluding hydrogens is 392 g/mol. The lowest BCUT2D eigenvalue weighted by Crippen LogP contribution is -2.75. The van der Waals surface area contributed by atoms with Crippen LogP contribution >= 0.6 is 0 Å². The first kappa shape index (κ1) is 20.6. The highest BCUT2D eigenvalue weighted by molar-refractivity contribution is 7.51. The average molecular weight is 423 g/mol. The Morgan fingerprint density at radius 1 is 0.567 bits per heavy atom. The Morgan fingerprint density at radius 3 is 1.40 bits per heavy atom. The summed E-state index contributed by atoms with van der Waals surface area (Å²) in [6.45, 7) is 9.47. The molecule has 0 aliphatic carbocycles. The van der Waals surface area contributed by atoms with Crippen LogP contribution in [0, 0.1) is 20.8 Å². The summed E-state index contributed by atoms with van der Waals surface area (Å²) in [6, 6.07) is 38.8. The molecule has 2 heteroatoms. The average Bonchev–Trinajstić information content (AvgIpc) is 2.77. The van der Waals surface area contributed by atoms with Crippen molar-refractivity contribution in [2.45, 2.75) is 27.3 Å². The predicted octanol–water partition coefficient (Wildman–Crippen LogP) is 3.92. The fourth-order valence-corrected chi connectivity index (χ4v) is 20.0. The van der Waals surface area contributed by atoms with Crippen LogP contribution in [-0.4, -0.2) is 15.9 Å². The Labute approximate surface area is 183 Å². The Kier molecular flexibility index (Phi) is 5.89. The molecule has 0 amide bonds. The van der Waals surface area contributed by atoms with Gasteiger partial charge in [-0.15, -0.1) is 0 Å². The number of hydrogen-bond acceptors (Lipinski definition) is 0. The number of benzene rings is 4. The van der Waals surface area contributed by atoms with Crippen molar-refractivity contribution in [1.82, 2.24) is 0 Å². The van der Waals surface area contributed by atoms with Gasteiger partial charge in [-0.05, 0) is 20.8 Å². The monoisotopic (exact) mass is 422 g/mol. The van der Waals surface area contributed by atoms with Crippen molar-refractivity contribution in [2.24, 2.45) is 0 Å². The Hall–Kier alpha value is -2.69. The van der Waals surface area contributed by atoms with Crippen LogP contribution < -0.4 is 20.7 Å². The van der Waals surface area contributed by atoms with Crippen molar-refractivity contribution in [3.8, 4) is 0 Å². The Bertz CT molecular complexity index is 1060. The second-order valence-corrected chi connectivity index (χ2v) is 19.5. The van der Waals surface area contributed by atoms with E-state index in [-0.39, 0.29) is 0 Å². The SMILES string of the molecule is Cc1cc(C)c([SiH](c2ccccc2)[Si](C)(c2ccccc2)c2ccccc2)c(C)c1. The minimum Gasteiger partial charge on any atom is -0.0632 e. The number of aryl methyl sites for hydroxylation is 3. The van der Waals surface area contributed by atoms with Crippen molar-refractivity contribution < 1.29 is 0 Å². The minimum atomic E-state index is -2.05. The van der Waals surface area contributed by atoms with Crippen molar-refractivity contribution in [1.29, 1.82) is 0 Å². The molecule has 30 heavy (non-hydrogen) atoms. The van der Waals surface area contributed by atoms with E-state index in [1.54, 1.807) is 10.4 Å². The molecule has 150 valence electrons. The molecule has 0 N–H and O–H groups in total. The van der Waals surface area contributed by atoms with Crippen LogP contribution in [0.2, 0.25) is 6.55 Å². The zero-order valence-corrected chi connectivity index (χ0v) is 20.5. The van der Waals surface area contributed by atoms with E-state index in [4.69, 9.17) is 0 Å². The van der Waals surface area contributed by atoms with E-state index < -0.39 is 15.9 Å². The highest BCUT2D eigenvalue weighted by Gasteiger charge is 2.44. The third-order valence-corrected chi connectivity index (χ3v) is 20.6. The molecule has 0 saturated heterocycles. The van der Waals surface area contributed by atoms with Gasteiger partial charge in [-0.25, -0.2) is 0 Å². The predicted molar refractivity (Wildman–Crippen MR) is 137 cm³/mol. The second-order valence-electron chi connectivity index (χ2n) is 8.59. The van der Waals surface area contributed by atoms with Crippen LogP contribution in [0.5, 0.6) is 0 Å². The maximum Gasteiger partial charge on any atom is 0.114 e. The van der Waals surface area contributed by atoms with Gasteiger partial charge in [0.05, 0.1) is 0 Å². The third kappa shape index (κ3) is 3.73. The van der Waals surface area contributed by atoms with E-state index in [2.05, 4.69) is 130 Å². The van der Waals surface area contributed by atoms with E-state index in [1.165, 1.54) is 27.1 Å². The minimum absolute atomic E-state index is 1.36. The Balaban J connectivity index is 2.08. The fourth-order valence-electron chi connectivity index (χ4n) is 5.15. The van der Waals surface area contributed by atoms with Crippen molar-refractivity contribution in [2.75, 3.05) is 0 Å². The largest absolute Gasteiger partial charge is 0.114 e. The highest BCUT2D eigenvalue weighted by atomic mass is 29.2. The first-order valence-electron chi connectivity index (χ1n) is 10.8. The van der Waals surface area contributed by atoms with Crippen LogP contribution in [0.15, 0.2) is 103 Å². The van der Waals surface area contributed by atoms with Crippen LogP contribution in [0.1, 0.15) is 16.7 Å².